The number of hydrogen-bond acceptors (Lipinski definition) is 0. The molecule has 0 radical (unpaired) electrons. The molecule has 54 valence electrons. The van der Waals surface area contributed by atoms with Crippen LogP contribution in [0.5, 0.6) is 0 Å². The fraction of sp³-hybridized carbons (Fsp3) is 1.00. The molecule has 0 aromatic heterocycles. The van der Waals surface area contributed by atoms with E-state index in [-0.39, 0.29) is 0 Å². The van der Waals surface area contributed by atoms with Crippen LogP contribution in [-0.2, 0) is 0 Å². The van der Waals surface area contributed by atoms with Crippen LogP contribution in [0.2, 0.25) is 0 Å². The quantitative estimate of drug-likeness (QED) is 0.376. The van der Waals surface area contributed by atoms with Gasteiger partial charge in [0.05, 0.1) is 0 Å². The minimum atomic E-state index is 0.671. The average Bonchev–Trinajstić information content (AvgIpc) is 2.33. The Morgan fingerprint density at radius 2 is 1.89 bits per heavy atom. The predicted octanol–water partition coefficient (Wildman–Crippen LogP) is -0.962. The Bertz CT molecular complexity index is 88.7. The Kier molecular flexibility index (Phi) is 1.98. The zero-order valence-corrected chi connectivity index (χ0v) is 7.93. The molecule has 0 N–H and O–H groups in total. The SMILES string of the molecule is C1C[I-]C2CCCC2C1. The number of halogens is 1. The first-order valence-electron chi connectivity index (χ1n) is 4.04. The molecule has 1 aliphatic carbocycles. The van der Waals surface area contributed by atoms with E-state index >= 15 is 0 Å². The summed E-state index contributed by atoms with van der Waals surface area (Å²) in [4.78, 5) is 0. The molecular formula is C8H14I-. The standard InChI is InChI=1S/C8H14I/c1-3-7-4-2-6-9-8(7)5-1/h7-8H,1-6H2/q-1. The third-order valence-electron chi connectivity index (χ3n) is 2.58. The summed E-state index contributed by atoms with van der Waals surface area (Å²) in [5, 5.41) is 0. The first-order chi connectivity index (χ1) is 4.47. The normalized spacial score (nSPS) is 43.6. The molecule has 0 aromatic rings. The molecule has 1 heterocycles. The van der Waals surface area contributed by atoms with Crippen LogP contribution < -0.4 is 21.2 Å². The molecule has 1 saturated carbocycles. The van der Waals surface area contributed by atoms with Crippen molar-refractivity contribution in [2.75, 3.05) is 4.43 Å². The topological polar surface area (TPSA) is 0 Å². The Morgan fingerprint density at radius 3 is 2.78 bits per heavy atom. The summed E-state index contributed by atoms with van der Waals surface area (Å²) in [6.07, 6.45) is 7.93. The van der Waals surface area contributed by atoms with E-state index in [1.165, 1.54) is 9.84 Å². The van der Waals surface area contributed by atoms with Gasteiger partial charge in [0.2, 0.25) is 0 Å². The van der Waals surface area contributed by atoms with Gasteiger partial charge in [-0.2, -0.15) is 0 Å². The maximum atomic E-state index is 1.64. The van der Waals surface area contributed by atoms with Crippen molar-refractivity contribution in [1.82, 2.24) is 0 Å². The van der Waals surface area contributed by atoms with Gasteiger partial charge in [0.1, 0.15) is 0 Å². The van der Waals surface area contributed by atoms with Crippen molar-refractivity contribution in [2.45, 2.75) is 36.0 Å². The van der Waals surface area contributed by atoms with Crippen molar-refractivity contribution in [1.29, 1.82) is 0 Å². The average molecular weight is 237 g/mol. The molecule has 1 aliphatic heterocycles. The molecule has 9 heavy (non-hydrogen) atoms. The van der Waals surface area contributed by atoms with Crippen molar-refractivity contribution in [3.8, 4) is 0 Å². The summed E-state index contributed by atoms with van der Waals surface area (Å²) in [5.41, 5.74) is 0. The fourth-order valence-corrected chi connectivity index (χ4v) is 6.08. The van der Waals surface area contributed by atoms with Crippen LogP contribution in [0.25, 0.3) is 0 Å². The molecule has 0 bridgehead atoms. The monoisotopic (exact) mass is 237 g/mol. The summed E-state index contributed by atoms with van der Waals surface area (Å²) in [5.74, 6) is 1.21. The minimum absolute atomic E-state index is 0.671. The molecule has 2 unspecified atom stereocenters. The van der Waals surface area contributed by atoms with Crippen LogP contribution >= 0.6 is 0 Å². The summed E-state index contributed by atoms with van der Waals surface area (Å²) in [7, 11) is 0. The maximum absolute atomic E-state index is 1.64. The Balaban J connectivity index is 1.97. The van der Waals surface area contributed by atoms with E-state index < -0.39 is 0 Å². The van der Waals surface area contributed by atoms with Crippen LogP contribution in [0.1, 0.15) is 32.1 Å². The summed E-state index contributed by atoms with van der Waals surface area (Å²) >= 11 is 0.671. The number of rotatable bonds is 0. The van der Waals surface area contributed by atoms with Crippen molar-refractivity contribution >= 4 is 0 Å². The van der Waals surface area contributed by atoms with Gasteiger partial charge in [0.25, 0.3) is 0 Å². The fourth-order valence-electron chi connectivity index (χ4n) is 2.08. The van der Waals surface area contributed by atoms with Crippen molar-refractivity contribution in [2.24, 2.45) is 5.92 Å². The Hall–Kier alpha value is 0.730. The third-order valence-corrected chi connectivity index (χ3v) is 6.74. The van der Waals surface area contributed by atoms with Crippen molar-refractivity contribution in [3.05, 3.63) is 0 Å². The van der Waals surface area contributed by atoms with E-state index in [1.807, 2.05) is 0 Å². The van der Waals surface area contributed by atoms with Gasteiger partial charge in [-0.3, -0.25) is 0 Å². The zero-order chi connectivity index (χ0) is 6.10. The van der Waals surface area contributed by atoms with E-state index in [1.54, 1.807) is 36.5 Å². The van der Waals surface area contributed by atoms with Crippen LogP contribution in [0.15, 0.2) is 0 Å². The molecule has 0 amide bonds. The third kappa shape index (κ3) is 1.26. The molecule has 2 rings (SSSR count). The molecule has 2 fully saturated rings. The molecule has 2 aliphatic rings. The van der Waals surface area contributed by atoms with Gasteiger partial charge >= 0.3 is 67.6 Å². The van der Waals surface area contributed by atoms with Crippen LogP contribution in [0, 0.1) is 5.92 Å². The summed E-state index contributed by atoms with van der Waals surface area (Å²) < 4.78 is 2.91. The summed E-state index contributed by atoms with van der Waals surface area (Å²) in [6.45, 7) is 0. The van der Waals surface area contributed by atoms with Gasteiger partial charge < -0.3 is 0 Å². The molecule has 0 aromatic carbocycles. The van der Waals surface area contributed by atoms with Crippen LogP contribution in [-0.4, -0.2) is 8.35 Å². The number of fused-ring (bicyclic) bond motifs is 1. The summed E-state index contributed by atoms with van der Waals surface area (Å²) in [6, 6.07) is 0. The van der Waals surface area contributed by atoms with E-state index in [2.05, 4.69) is 0 Å². The van der Waals surface area contributed by atoms with Gasteiger partial charge in [0.15, 0.2) is 0 Å². The number of alkyl halides is 2. The second kappa shape index (κ2) is 2.77. The zero-order valence-electron chi connectivity index (χ0n) is 5.78. The molecule has 1 heteroatoms. The first-order valence-corrected chi connectivity index (χ1v) is 6.81. The molecule has 0 nitrogen and oxygen atoms in total. The second-order valence-corrected chi connectivity index (χ2v) is 6.75. The Labute approximate surface area is 67.7 Å². The van der Waals surface area contributed by atoms with Gasteiger partial charge in [-0.1, -0.05) is 0 Å². The van der Waals surface area contributed by atoms with E-state index in [0.29, 0.717) is 21.2 Å². The van der Waals surface area contributed by atoms with Crippen LogP contribution in [0.4, 0.5) is 0 Å². The second-order valence-electron chi connectivity index (χ2n) is 3.19. The molecular weight excluding hydrogens is 223 g/mol. The number of hydrogen-bond donors (Lipinski definition) is 0. The first kappa shape index (κ1) is 6.44. The van der Waals surface area contributed by atoms with Crippen molar-refractivity contribution in [3.63, 3.8) is 0 Å². The Morgan fingerprint density at radius 1 is 1.00 bits per heavy atom. The van der Waals surface area contributed by atoms with Crippen LogP contribution in [0.3, 0.4) is 0 Å². The molecule has 2 atom stereocenters. The molecule has 1 saturated heterocycles. The predicted molar refractivity (Wildman–Crippen MR) is 35.2 cm³/mol. The van der Waals surface area contributed by atoms with E-state index in [0.717, 1.165) is 0 Å². The van der Waals surface area contributed by atoms with E-state index in [4.69, 9.17) is 0 Å². The molecule has 0 spiro atoms. The van der Waals surface area contributed by atoms with Gasteiger partial charge in [0, 0.05) is 0 Å². The van der Waals surface area contributed by atoms with Gasteiger partial charge in [-0.25, -0.2) is 0 Å². The van der Waals surface area contributed by atoms with Crippen molar-refractivity contribution < 1.29 is 21.2 Å². The van der Waals surface area contributed by atoms with Gasteiger partial charge in [-0.05, 0) is 0 Å². The van der Waals surface area contributed by atoms with E-state index in [9.17, 15) is 0 Å². The van der Waals surface area contributed by atoms with Gasteiger partial charge in [-0.15, -0.1) is 0 Å².